The van der Waals surface area contributed by atoms with Crippen molar-refractivity contribution in [2.45, 2.75) is 32.0 Å². The first-order valence-electron chi connectivity index (χ1n) is 7.00. The summed E-state index contributed by atoms with van der Waals surface area (Å²) in [6.07, 6.45) is 2.84. The molecule has 0 amide bonds. The van der Waals surface area contributed by atoms with Crippen LogP contribution in [0.25, 0.3) is 0 Å². The average Bonchev–Trinajstić information content (AvgIpc) is 3.25. The maximum atomic E-state index is 9.02. The summed E-state index contributed by atoms with van der Waals surface area (Å²) in [5.41, 5.74) is 2.35. The lowest BCUT2D eigenvalue weighted by atomic mass is 10.1. The predicted molar refractivity (Wildman–Crippen MR) is 72.2 cm³/mol. The molecule has 2 aliphatic rings. The van der Waals surface area contributed by atoms with Gasteiger partial charge in [-0.2, -0.15) is 0 Å². The van der Waals surface area contributed by atoms with Gasteiger partial charge in [0.2, 0.25) is 0 Å². The van der Waals surface area contributed by atoms with Crippen LogP contribution in [0.4, 0.5) is 0 Å². The minimum absolute atomic E-state index is 0.139. The lowest BCUT2D eigenvalue weighted by Gasteiger charge is -2.34. The molecular weight excluding hydrogens is 224 g/mol. The van der Waals surface area contributed by atoms with Crippen LogP contribution < -0.4 is 0 Å². The number of hydrogen-bond acceptors (Lipinski definition) is 3. The van der Waals surface area contributed by atoms with Crippen LogP contribution in [-0.4, -0.2) is 47.1 Å². The highest BCUT2D eigenvalue weighted by atomic mass is 16.3. The van der Waals surface area contributed by atoms with Gasteiger partial charge < -0.3 is 5.11 Å². The van der Waals surface area contributed by atoms with E-state index in [0.717, 1.165) is 18.2 Å². The Bertz CT molecular complexity index is 378. The number of piperazine rings is 1. The summed E-state index contributed by atoms with van der Waals surface area (Å²) < 4.78 is 0. The largest absolute Gasteiger partial charge is 0.392 e. The Kier molecular flexibility index (Phi) is 3.64. The molecule has 3 nitrogen and oxygen atoms in total. The Balaban J connectivity index is 1.50. The molecule has 3 heteroatoms. The first-order valence-corrected chi connectivity index (χ1v) is 7.00. The van der Waals surface area contributed by atoms with E-state index in [1.54, 1.807) is 0 Å². The molecule has 0 radical (unpaired) electrons. The van der Waals surface area contributed by atoms with Gasteiger partial charge in [-0.15, -0.1) is 0 Å². The van der Waals surface area contributed by atoms with E-state index in [1.165, 1.54) is 44.6 Å². The normalized spacial score (nSPS) is 22.3. The molecule has 0 bridgehead atoms. The van der Waals surface area contributed by atoms with Crippen molar-refractivity contribution >= 4 is 0 Å². The number of aliphatic hydroxyl groups is 1. The third-order valence-corrected chi connectivity index (χ3v) is 4.08. The van der Waals surface area contributed by atoms with E-state index >= 15 is 0 Å². The second kappa shape index (κ2) is 5.39. The smallest absolute Gasteiger partial charge is 0.0681 e. The minimum Gasteiger partial charge on any atom is -0.392 e. The van der Waals surface area contributed by atoms with Crippen molar-refractivity contribution in [2.75, 3.05) is 26.2 Å². The fraction of sp³-hybridized carbons (Fsp3) is 0.600. The summed E-state index contributed by atoms with van der Waals surface area (Å²) >= 11 is 0. The van der Waals surface area contributed by atoms with E-state index in [9.17, 15) is 0 Å². The van der Waals surface area contributed by atoms with E-state index in [-0.39, 0.29) is 6.61 Å². The molecular formula is C15H22N2O. The molecule has 1 saturated carbocycles. The van der Waals surface area contributed by atoms with Gasteiger partial charge in [0.15, 0.2) is 0 Å². The molecule has 1 aliphatic carbocycles. The van der Waals surface area contributed by atoms with Gasteiger partial charge in [0.25, 0.3) is 0 Å². The van der Waals surface area contributed by atoms with Crippen molar-refractivity contribution in [1.82, 2.24) is 9.80 Å². The monoisotopic (exact) mass is 246 g/mol. The molecule has 1 N–H and O–H groups in total. The number of aliphatic hydroxyl groups excluding tert-OH is 1. The fourth-order valence-electron chi connectivity index (χ4n) is 2.73. The van der Waals surface area contributed by atoms with Crippen LogP contribution in [-0.2, 0) is 13.2 Å². The van der Waals surface area contributed by atoms with Gasteiger partial charge in [0.05, 0.1) is 6.61 Å². The average molecular weight is 246 g/mol. The Morgan fingerprint density at radius 2 is 1.56 bits per heavy atom. The van der Waals surface area contributed by atoms with Gasteiger partial charge in [0, 0.05) is 38.8 Å². The summed E-state index contributed by atoms with van der Waals surface area (Å²) in [4.78, 5) is 5.18. The summed E-state index contributed by atoms with van der Waals surface area (Å²) in [5, 5.41) is 9.02. The zero-order chi connectivity index (χ0) is 12.4. The molecule has 1 aliphatic heterocycles. The van der Waals surface area contributed by atoms with E-state index in [0.29, 0.717) is 0 Å². The highest BCUT2D eigenvalue weighted by Gasteiger charge is 2.30. The van der Waals surface area contributed by atoms with Crippen LogP contribution in [0.5, 0.6) is 0 Å². The van der Waals surface area contributed by atoms with Crippen LogP contribution in [0.3, 0.4) is 0 Å². The summed E-state index contributed by atoms with van der Waals surface area (Å²) in [6.45, 7) is 6.04. The molecule has 18 heavy (non-hydrogen) atoms. The molecule has 3 rings (SSSR count). The Hall–Kier alpha value is -0.900. The molecule has 0 unspecified atom stereocenters. The molecule has 0 spiro atoms. The zero-order valence-electron chi connectivity index (χ0n) is 10.9. The van der Waals surface area contributed by atoms with Gasteiger partial charge in [-0.3, -0.25) is 9.80 Å². The zero-order valence-corrected chi connectivity index (χ0v) is 10.9. The fourth-order valence-corrected chi connectivity index (χ4v) is 2.73. The molecule has 1 saturated heterocycles. The van der Waals surface area contributed by atoms with Crippen molar-refractivity contribution in [3.8, 4) is 0 Å². The SMILES string of the molecule is OCc1ccc(CN2CCN(C3CC3)CC2)cc1. The first kappa shape index (κ1) is 12.2. The van der Waals surface area contributed by atoms with Crippen LogP contribution in [0, 0.1) is 0 Å². The molecule has 1 aromatic carbocycles. The van der Waals surface area contributed by atoms with E-state index in [4.69, 9.17) is 5.11 Å². The molecule has 2 fully saturated rings. The standard InChI is InChI=1S/C15H22N2O/c18-12-14-3-1-13(2-4-14)11-16-7-9-17(10-8-16)15-5-6-15/h1-4,15,18H,5-12H2. The van der Waals surface area contributed by atoms with Gasteiger partial charge >= 0.3 is 0 Å². The lowest BCUT2D eigenvalue weighted by Crippen LogP contribution is -2.46. The molecule has 0 aromatic heterocycles. The number of benzene rings is 1. The van der Waals surface area contributed by atoms with Crippen LogP contribution >= 0.6 is 0 Å². The molecule has 98 valence electrons. The third kappa shape index (κ3) is 2.91. The lowest BCUT2D eigenvalue weighted by molar-refractivity contribution is 0.121. The first-order chi connectivity index (χ1) is 8.85. The summed E-state index contributed by atoms with van der Waals surface area (Å²) in [6, 6.07) is 9.24. The molecule has 0 atom stereocenters. The minimum atomic E-state index is 0.139. The van der Waals surface area contributed by atoms with Crippen LogP contribution in [0.2, 0.25) is 0 Å². The second-order valence-corrected chi connectivity index (χ2v) is 5.52. The maximum absolute atomic E-state index is 9.02. The van der Waals surface area contributed by atoms with Crippen molar-refractivity contribution in [1.29, 1.82) is 0 Å². The topological polar surface area (TPSA) is 26.7 Å². The van der Waals surface area contributed by atoms with Crippen molar-refractivity contribution < 1.29 is 5.11 Å². The molecule has 1 aromatic rings. The van der Waals surface area contributed by atoms with E-state index in [2.05, 4.69) is 21.9 Å². The Labute approximate surface area is 109 Å². The Morgan fingerprint density at radius 1 is 0.944 bits per heavy atom. The second-order valence-electron chi connectivity index (χ2n) is 5.52. The van der Waals surface area contributed by atoms with Gasteiger partial charge in [-0.1, -0.05) is 24.3 Å². The van der Waals surface area contributed by atoms with Crippen molar-refractivity contribution in [2.24, 2.45) is 0 Å². The Morgan fingerprint density at radius 3 is 2.11 bits per heavy atom. The number of nitrogens with zero attached hydrogens (tertiary/aromatic N) is 2. The van der Waals surface area contributed by atoms with Crippen molar-refractivity contribution in [3.63, 3.8) is 0 Å². The highest BCUT2D eigenvalue weighted by Crippen LogP contribution is 2.27. The van der Waals surface area contributed by atoms with E-state index in [1.807, 2.05) is 12.1 Å². The van der Waals surface area contributed by atoms with Gasteiger partial charge in [-0.05, 0) is 24.0 Å². The summed E-state index contributed by atoms with van der Waals surface area (Å²) in [7, 11) is 0. The number of hydrogen-bond donors (Lipinski definition) is 1. The van der Waals surface area contributed by atoms with Crippen LogP contribution in [0.15, 0.2) is 24.3 Å². The quantitative estimate of drug-likeness (QED) is 0.871. The van der Waals surface area contributed by atoms with Crippen LogP contribution in [0.1, 0.15) is 24.0 Å². The van der Waals surface area contributed by atoms with Crippen molar-refractivity contribution in [3.05, 3.63) is 35.4 Å². The molecule has 1 heterocycles. The maximum Gasteiger partial charge on any atom is 0.0681 e. The van der Waals surface area contributed by atoms with E-state index < -0.39 is 0 Å². The van der Waals surface area contributed by atoms with Gasteiger partial charge in [-0.25, -0.2) is 0 Å². The third-order valence-electron chi connectivity index (χ3n) is 4.08. The van der Waals surface area contributed by atoms with Gasteiger partial charge in [0.1, 0.15) is 0 Å². The number of rotatable bonds is 4. The highest BCUT2D eigenvalue weighted by molar-refractivity contribution is 5.21. The summed E-state index contributed by atoms with van der Waals surface area (Å²) in [5.74, 6) is 0. The predicted octanol–water partition coefficient (Wildman–Crippen LogP) is 1.46.